The van der Waals surface area contributed by atoms with E-state index < -0.39 is 9.84 Å². The summed E-state index contributed by atoms with van der Waals surface area (Å²) in [5.41, 5.74) is 2.14. The van der Waals surface area contributed by atoms with Gasteiger partial charge in [0.25, 0.3) is 5.91 Å². The molecular formula is C24H36N2O4S2. The first-order valence-corrected chi connectivity index (χ1v) is 14.9. The molecule has 6 nitrogen and oxygen atoms in total. The smallest absolute Gasteiger partial charge is 0.254 e. The second-order valence-electron chi connectivity index (χ2n) is 9.27. The molecule has 1 aliphatic carbocycles. The highest BCUT2D eigenvalue weighted by Gasteiger charge is 2.36. The van der Waals surface area contributed by atoms with Crippen LogP contribution in [0.25, 0.3) is 5.57 Å². The number of hydrogen-bond donors (Lipinski definition) is 0. The van der Waals surface area contributed by atoms with Crippen LogP contribution in [0.3, 0.4) is 0 Å². The van der Waals surface area contributed by atoms with E-state index in [1.165, 1.54) is 42.6 Å². The van der Waals surface area contributed by atoms with Gasteiger partial charge < -0.3 is 9.80 Å². The summed E-state index contributed by atoms with van der Waals surface area (Å²) >= 11 is 1.67. The lowest BCUT2D eigenvalue weighted by atomic mass is 9.78. The third kappa shape index (κ3) is 6.67. The summed E-state index contributed by atoms with van der Waals surface area (Å²) in [7, 11) is -2.67. The summed E-state index contributed by atoms with van der Waals surface area (Å²) in [5.74, 6) is 1.17. The molecule has 1 saturated carbocycles. The van der Waals surface area contributed by atoms with E-state index in [9.17, 15) is 18.0 Å². The monoisotopic (exact) mass is 480 g/mol. The summed E-state index contributed by atoms with van der Waals surface area (Å²) < 4.78 is 19.3. The van der Waals surface area contributed by atoms with Crippen molar-refractivity contribution in [1.82, 2.24) is 9.80 Å². The second-order valence-corrected chi connectivity index (χ2v) is 12.5. The van der Waals surface area contributed by atoms with Gasteiger partial charge >= 0.3 is 0 Å². The molecule has 3 heterocycles. The molecule has 0 spiro atoms. The maximum Gasteiger partial charge on any atom is 0.254 e. The second kappa shape index (κ2) is 11.0. The number of likely N-dealkylation sites (tertiary alicyclic amines) is 1. The highest BCUT2D eigenvalue weighted by Crippen LogP contribution is 2.37. The SMILES string of the molecule is CCC(=O)N1CC=C(c2cc(C(=O)N3CCCC4CCCCC43)cs2)CC1.CS(C)(=O)=O. The molecule has 2 amide bonds. The van der Waals surface area contributed by atoms with Crippen LogP contribution in [0.1, 0.15) is 73.5 Å². The van der Waals surface area contributed by atoms with Crippen LogP contribution < -0.4 is 0 Å². The Balaban J connectivity index is 0.000000523. The highest BCUT2D eigenvalue weighted by molar-refractivity contribution is 7.89. The number of carbonyl (C=O) groups excluding carboxylic acids is 2. The standard InChI is InChI=1S/C22H30N2O2S.C2H6O2S/c1-2-21(25)23-12-9-17(10-13-23)20-14-18(15-27-20)22(26)24-11-5-7-16-6-3-4-8-19(16)24;1-5(2,3)4/h9,14-16,19H,2-8,10-13H2,1H3;1-2H3. The van der Waals surface area contributed by atoms with Crippen LogP contribution >= 0.6 is 11.3 Å². The zero-order chi connectivity index (χ0) is 23.3. The Bertz CT molecular complexity index is 941. The van der Waals surface area contributed by atoms with Crippen LogP contribution in [0, 0.1) is 5.92 Å². The molecule has 1 aromatic heterocycles. The van der Waals surface area contributed by atoms with E-state index in [0.717, 1.165) is 49.9 Å². The molecule has 0 bridgehead atoms. The van der Waals surface area contributed by atoms with Crippen LogP contribution in [0.15, 0.2) is 17.5 Å². The third-order valence-corrected chi connectivity index (χ3v) is 7.54. The molecule has 0 N–H and O–H groups in total. The van der Waals surface area contributed by atoms with Crippen LogP contribution in [0.4, 0.5) is 0 Å². The van der Waals surface area contributed by atoms with Gasteiger partial charge in [-0.2, -0.15) is 0 Å². The Hall–Kier alpha value is -1.67. The van der Waals surface area contributed by atoms with Gasteiger partial charge in [0.15, 0.2) is 0 Å². The first-order chi connectivity index (χ1) is 15.2. The number of amides is 2. The molecule has 178 valence electrons. The summed E-state index contributed by atoms with van der Waals surface area (Å²) in [6.45, 7) is 4.31. The minimum atomic E-state index is -2.67. The van der Waals surface area contributed by atoms with Gasteiger partial charge in [-0.15, -0.1) is 11.3 Å². The van der Waals surface area contributed by atoms with Gasteiger partial charge in [0.05, 0.1) is 5.56 Å². The summed E-state index contributed by atoms with van der Waals surface area (Å²) in [6, 6.07) is 2.55. The van der Waals surface area contributed by atoms with E-state index in [1.54, 1.807) is 11.3 Å². The molecular weight excluding hydrogens is 444 g/mol. The van der Waals surface area contributed by atoms with E-state index in [1.807, 2.05) is 17.2 Å². The molecule has 2 aliphatic heterocycles. The van der Waals surface area contributed by atoms with E-state index in [-0.39, 0.29) is 11.8 Å². The van der Waals surface area contributed by atoms with Crippen molar-refractivity contribution >= 4 is 38.6 Å². The zero-order valence-corrected chi connectivity index (χ0v) is 21.1. The molecule has 0 aromatic carbocycles. The average Bonchev–Trinajstić information content (AvgIpc) is 3.27. The van der Waals surface area contributed by atoms with Crippen molar-refractivity contribution < 1.29 is 18.0 Å². The van der Waals surface area contributed by atoms with Gasteiger partial charge in [-0.1, -0.05) is 25.8 Å². The number of piperidine rings is 1. The van der Waals surface area contributed by atoms with Crippen molar-refractivity contribution in [2.24, 2.45) is 5.92 Å². The molecule has 2 atom stereocenters. The molecule has 2 fully saturated rings. The number of carbonyl (C=O) groups is 2. The highest BCUT2D eigenvalue weighted by atomic mass is 32.2. The van der Waals surface area contributed by atoms with Crippen LogP contribution in [0.5, 0.6) is 0 Å². The average molecular weight is 481 g/mol. The van der Waals surface area contributed by atoms with Gasteiger partial charge in [0, 0.05) is 54.9 Å². The van der Waals surface area contributed by atoms with Crippen LogP contribution in [-0.2, 0) is 14.6 Å². The predicted molar refractivity (Wildman–Crippen MR) is 131 cm³/mol. The van der Waals surface area contributed by atoms with Crippen molar-refractivity contribution in [2.75, 3.05) is 32.1 Å². The van der Waals surface area contributed by atoms with Crippen LogP contribution in [0.2, 0.25) is 0 Å². The molecule has 32 heavy (non-hydrogen) atoms. The minimum Gasteiger partial charge on any atom is -0.339 e. The Labute approximate surface area is 196 Å². The van der Waals surface area contributed by atoms with Crippen molar-refractivity contribution in [1.29, 1.82) is 0 Å². The van der Waals surface area contributed by atoms with Gasteiger partial charge in [-0.05, 0) is 49.7 Å². The van der Waals surface area contributed by atoms with Crippen molar-refractivity contribution in [3.8, 4) is 0 Å². The maximum absolute atomic E-state index is 13.2. The number of thiophene rings is 1. The third-order valence-electron chi connectivity index (χ3n) is 6.53. The van der Waals surface area contributed by atoms with Crippen molar-refractivity contribution in [3.05, 3.63) is 28.0 Å². The zero-order valence-electron chi connectivity index (χ0n) is 19.5. The first kappa shape index (κ1) is 25.0. The number of nitrogens with zero attached hydrogens (tertiary/aromatic N) is 2. The lowest BCUT2D eigenvalue weighted by Crippen LogP contribution is -2.49. The van der Waals surface area contributed by atoms with E-state index in [4.69, 9.17) is 0 Å². The minimum absolute atomic E-state index is 0.222. The van der Waals surface area contributed by atoms with E-state index in [2.05, 4.69) is 17.0 Å². The lowest BCUT2D eigenvalue weighted by molar-refractivity contribution is -0.130. The van der Waals surface area contributed by atoms with E-state index >= 15 is 0 Å². The molecule has 1 saturated heterocycles. The van der Waals surface area contributed by atoms with Gasteiger partial charge in [0.1, 0.15) is 9.84 Å². The molecule has 4 rings (SSSR count). The predicted octanol–water partition coefficient (Wildman–Crippen LogP) is 4.23. The molecule has 3 aliphatic rings. The van der Waals surface area contributed by atoms with Gasteiger partial charge in [-0.25, -0.2) is 8.42 Å². The quantitative estimate of drug-likeness (QED) is 0.649. The van der Waals surface area contributed by atoms with E-state index in [0.29, 0.717) is 19.0 Å². The largest absolute Gasteiger partial charge is 0.339 e. The summed E-state index contributed by atoms with van der Waals surface area (Å²) in [4.78, 5) is 30.3. The number of rotatable bonds is 3. The van der Waals surface area contributed by atoms with Crippen LogP contribution in [-0.4, -0.2) is 68.2 Å². The Morgan fingerprint density at radius 1 is 1.09 bits per heavy atom. The molecule has 0 radical (unpaired) electrons. The number of fused-ring (bicyclic) bond motifs is 1. The Morgan fingerprint density at radius 2 is 1.78 bits per heavy atom. The fraction of sp³-hybridized carbons (Fsp3) is 0.667. The normalized spacial score (nSPS) is 23.5. The topological polar surface area (TPSA) is 74.8 Å². The fourth-order valence-electron chi connectivity index (χ4n) is 5.00. The van der Waals surface area contributed by atoms with Crippen molar-refractivity contribution in [2.45, 2.75) is 64.3 Å². The summed E-state index contributed by atoms with van der Waals surface area (Å²) in [5, 5.41) is 2.04. The number of sulfone groups is 1. The van der Waals surface area contributed by atoms with Crippen molar-refractivity contribution in [3.63, 3.8) is 0 Å². The Kier molecular flexibility index (Phi) is 8.55. The Morgan fingerprint density at radius 3 is 2.44 bits per heavy atom. The summed E-state index contributed by atoms with van der Waals surface area (Å²) in [6.07, 6.45) is 13.4. The first-order valence-electron chi connectivity index (χ1n) is 11.7. The lowest BCUT2D eigenvalue weighted by Gasteiger charge is -2.44. The number of hydrogen-bond acceptors (Lipinski definition) is 5. The molecule has 1 aromatic rings. The molecule has 8 heteroatoms. The molecule has 2 unspecified atom stereocenters. The fourth-order valence-corrected chi connectivity index (χ4v) is 5.96. The van der Waals surface area contributed by atoms with Gasteiger partial charge in [-0.3, -0.25) is 9.59 Å². The van der Waals surface area contributed by atoms with Gasteiger partial charge in [0.2, 0.25) is 5.91 Å². The maximum atomic E-state index is 13.2.